The largest absolute Gasteiger partial charge is 0.444 e. The summed E-state index contributed by atoms with van der Waals surface area (Å²) in [6.45, 7) is 9.55. The summed E-state index contributed by atoms with van der Waals surface area (Å²) in [7, 11) is 0. The lowest BCUT2D eigenvalue weighted by atomic mass is 9.91. The van der Waals surface area contributed by atoms with Gasteiger partial charge in [0.05, 0.1) is 16.5 Å². The second-order valence-corrected chi connectivity index (χ2v) is 7.11. The number of thioether (sulfide) groups is 1. The molecule has 0 radical (unpaired) electrons. The van der Waals surface area contributed by atoms with Crippen LogP contribution in [0.2, 0.25) is 0 Å². The molecule has 1 aliphatic heterocycles. The average Bonchev–Trinajstić information content (AvgIpc) is 2.85. The van der Waals surface area contributed by atoms with E-state index in [0.717, 1.165) is 11.5 Å². The van der Waals surface area contributed by atoms with Crippen LogP contribution in [0.1, 0.15) is 38.1 Å². The van der Waals surface area contributed by atoms with E-state index in [4.69, 9.17) is 4.42 Å². The lowest BCUT2D eigenvalue weighted by Crippen LogP contribution is -2.26. The molecule has 1 amide bonds. The Labute approximate surface area is 128 Å². The fourth-order valence-corrected chi connectivity index (χ4v) is 2.71. The normalized spacial score (nSPS) is 17.9. The first kappa shape index (κ1) is 15.8. The molecule has 0 aromatic carbocycles. The topological polar surface area (TPSA) is 63.4 Å². The molecule has 1 fully saturated rings. The van der Waals surface area contributed by atoms with Gasteiger partial charge in [0, 0.05) is 11.5 Å². The Morgan fingerprint density at radius 1 is 1.43 bits per heavy atom. The Balaban J connectivity index is 2.21. The minimum absolute atomic E-state index is 0.00413. The van der Waals surface area contributed by atoms with Crippen LogP contribution in [0, 0.1) is 19.3 Å². The van der Waals surface area contributed by atoms with Crippen LogP contribution in [0.5, 0.6) is 0 Å². The third-order valence-corrected chi connectivity index (χ3v) is 4.30. The van der Waals surface area contributed by atoms with Crippen molar-refractivity contribution < 1.29 is 14.0 Å². The van der Waals surface area contributed by atoms with Crippen molar-refractivity contribution in [3.05, 3.63) is 28.4 Å². The quantitative estimate of drug-likeness (QED) is 0.803. The summed E-state index contributed by atoms with van der Waals surface area (Å²) in [5, 5.41) is 0.674. The number of aryl methyl sites for hydroxylation is 2. The predicted octanol–water partition coefficient (Wildman–Crippen LogP) is 2.82. The van der Waals surface area contributed by atoms with E-state index in [9.17, 15) is 9.59 Å². The number of hydrogen-bond acceptors (Lipinski definition) is 5. The lowest BCUT2D eigenvalue weighted by molar-refractivity contribution is -0.126. The molecule has 2 rings (SSSR count). The van der Waals surface area contributed by atoms with Crippen LogP contribution in [-0.2, 0) is 16.1 Å². The molecule has 1 saturated heterocycles. The van der Waals surface area contributed by atoms with E-state index in [0.29, 0.717) is 16.7 Å². The van der Waals surface area contributed by atoms with Crippen LogP contribution in [0.25, 0.3) is 0 Å². The van der Waals surface area contributed by atoms with E-state index in [1.54, 1.807) is 11.0 Å². The van der Waals surface area contributed by atoms with Gasteiger partial charge in [0.1, 0.15) is 12.3 Å². The van der Waals surface area contributed by atoms with Crippen molar-refractivity contribution in [1.29, 1.82) is 0 Å². The highest BCUT2D eigenvalue weighted by atomic mass is 32.2. The first-order valence-electron chi connectivity index (χ1n) is 6.80. The fraction of sp³-hybridized carbons (Fsp3) is 0.533. The molecule has 1 aromatic rings. The van der Waals surface area contributed by atoms with Crippen LogP contribution in [-0.4, -0.2) is 27.3 Å². The molecule has 0 bridgehead atoms. The Morgan fingerprint density at radius 3 is 2.62 bits per heavy atom. The van der Waals surface area contributed by atoms with Gasteiger partial charge in [-0.25, -0.2) is 4.98 Å². The van der Waals surface area contributed by atoms with E-state index >= 15 is 0 Å². The summed E-state index contributed by atoms with van der Waals surface area (Å²) in [6.07, 6.45) is 1.55. The molecule has 0 unspecified atom stereocenters. The van der Waals surface area contributed by atoms with Gasteiger partial charge in [-0.1, -0.05) is 32.5 Å². The van der Waals surface area contributed by atoms with Crippen molar-refractivity contribution in [2.75, 3.05) is 5.75 Å². The van der Waals surface area contributed by atoms with Gasteiger partial charge in [-0.3, -0.25) is 14.5 Å². The standard InChI is InChI=1S/C15H20N2O3S/c1-9-10(2)20-12(16-9)7-17-13(19)8-21-14(17)6-11(18)15(3,4)5/h6H,7-8H2,1-5H3/b14-6-. The van der Waals surface area contributed by atoms with Crippen LogP contribution < -0.4 is 0 Å². The summed E-state index contributed by atoms with van der Waals surface area (Å²) in [6, 6.07) is 0. The van der Waals surface area contributed by atoms with Gasteiger partial charge in [0.2, 0.25) is 11.8 Å². The van der Waals surface area contributed by atoms with Crippen molar-refractivity contribution in [2.24, 2.45) is 5.41 Å². The average molecular weight is 308 g/mol. The number of carbonyl (C=O) groups is 2. The van der Waals surface area contributed by atoms with Crippen LogP contribution in [0.4, 0.5) is 0 Å². The molecule has 1 aromatic heterocycles. The Kier molecular flexibility index (Phi) is 4.27. The molecular weight excluding hydrogens is 288 g/mol. The maximum atomic E-state index is 12.1. The number of carbonyl (C=O) groups excluding carboxylic acids is 2. The second-order valence-electron chi connectivity index (χ2n) is 6.11. The van der Waals surface area contributed by atoms with Crippen molar-refractivity contribution >= 4 is 23.5 Å². The van der Waals surface area contributed by atoms with Crippen molar-refractivity contribution in [1.82, 2.24) is 9.88 Å². The molecule has 114 valence electrons. The molecule has 21 heavy (non-hydrogen) atoms. The highest BCUT2D eigenvalue weighted by Crippen LogP contribution is 2.32. The molecule has 5 nitrogen and oxygen atoms in total. The Hall–Kier alpha value is -1.56. The summed E-state index contributed by atoms with van der Waals surface area (Å²) >= 11 is 1.38. The number of amides is 1. The summed E-state index contributed by atoms with van der Waals surface area (Å²) in [4.78, 5) is 30.0. The monoisotopic (exact) mass is 308 g/mol. The number of nitrogens with zero attached hydrogens (tertiary/aromatic N) is 2. The molecule has 0 N–H and O–H groups in total. The van der Waals surface area contributed by atoms with Crippen LogP contribution >= 0.6 is 11.8 Å². The molecule has 0 spiro atoms. The lowest BCUT2D eigenvalue weighted by Gasteiger charge is -2.18. The maximum Gasteiger partial charge on any atom is 0.238 e. The van der Waals surface area contributed by atoms with Gasteiger partial charge in [0.25, 0.3) is 0 Å². The zero-order valence-corrected chi connectivity index (χ0v) is 13.8. The molecule has 0 atom stereocenters. The summed E-state index contributed by atoms with van der Waals surface area (Å²) < 4.78 is 5.52. The zero-order valence-electron chi connectivity index (χ0n) is 13.0. The first-order valence-corrected chi connectivity index (χ1v) is 7.79. The van der Waals surface area contributed by atoms with Gasteiger partial charge < -0.3 is 4.42 Å². The highest BCUT2D eigenvalue weighted by Gasteiger charge is 2.30. The fourth-order valence-electron chi connectivity index (χ4n) is 1.77. The first-order chi connectivity index (χ1) is 9.68. The van der Waals surface area contributed by atoms with E-state index < -0.39 is 5.41 Å². The molecule has 6 heteroatoms. The highest BCUT2D eigenvalue weighted by molar-refractivity contribution is 8.04. The van der Waals surface area contributed by atoms with Crippen molar-refractivity contribution in [3.8, 4) is 0 Å². The summed E-state index contributed by atoms with van der Waals surface area (Å²) in [5.41, 5.74) is 0.363. The van der Waals surface area contributed by atoms with Gasteiger partial charge in [0.15, 0.2) is 5.78 Å². The number of hydrogen-bond donors (Lipinski definition) is 0. The number of allylic oxidation sites excluding steroid dienone is 1. The van der Waals surface area contributed by atoms with E-state index in [1.165, 1.54) is 11.8 Å². The summed E-state index contributed by atoms with van der Waals surface area (Å²) in [5.74, 6) is 1.57. The van der Waals surface area contributed by atoms with Gasteiger partial charge in [-0.05, 0) is 13.8 Å². The van der Waals surface area contributed by atoms with Crippen molar-refractivity contribution in [3.63, 3.8) is 0 Å². The van der Waals surface area contributed by atoms with Crippen LogP contribution in [0.15, 0.2) is 15.5 Å². The number of oxazole rings is 1. The number of aromatic nitrogens is 1. The third kappa shape index (κ3) is 3.56. The van der Waals surface area contributed by atoms with E-state index in [2.05, 4.69) is 4.98 Å². The molecule has 0 saturated carbocycles. The smallest absolute Gasteiger partial charge is 0.238 e. The minimum atomic E-state index is -0.457. The van der Waals surface area contributed by atoms with Gasteiger partial charge in [-0.15, -0.1) is 0 Å². The Bertz CT molecular complexity index is 591. The van der Waals surface area contributed by atoms with Gasteiger partial charge >= 0.3 is 0 Å². The van der Waals surface area contributed by atoms with Crippen molar-refractivity contribution in [2.45, 2.75) is 41.2 Å². The minimum Gasteiger partial charge on any atom is -0.444 e. The van der Waals surface area contributed by atoms with Crippen LogP contribution in [0.3, 0.4) is 0 Å². The Morgan fingerprint density at radius 2 is 2.10 bits per heavy atom. The van der Waals surface area contributed by atoms with E-state index in [1.807, 2.05) is 34.6 Å². The molecule has 1 aliphatic rings. The molecular formula is C15H20N2O3S. The zero-order chi connectivity index (χ0) is 15.8. The number of rotatable bonds is 3. The molecule has 0 aliphatic carbocycles. The molecule has 2 heterocycles. The van der Waals surface area contributed by atoms with E-state index in [-0.39, 0.29) is 18.2 Å². The SMILES string of the molecule is Cc1nc(CN2C(=O)CS/C2=C\C(=O)C(C)(C)C)oc1C. The number of ketones is 1. The second kappa shape index (κ2) is 5.67. The maximum absolute atomic E-state index is 12.1. The third-order valence-electron chi connectivity index (χ3n) is 3.27. The van der Waals surface area contributed by atoms with Gasteiger partial charge in [-0.2, -0.15) is 0 Å². The predicted molar refractivity (Wildman–Crippen MR) is 81.5 cm³/mol.